The second-order valence-corrected chi connectivity index (χ2v) is 14.9. The predicted octanol–water partition coefficient (Wildman–Crippen LogP) is 4.65. The van der Waals surface area contributed by atoms with Crippen molar-refractivity contribution < 1.29 is 14.0 Å². The Bertz CT molecular complexity index is 402. The molecule has 0 aliphatic carbocycles. The SMILES string of the molecule is CC(C)(C)OC(=O)N[C@@H]1CSCCC1CO[Si](C)(C)C(C)(C)C. The first kappa shape index (κ1) is 20.8. The molecule has 23 heavy (non-hydrogen) atoms. The lowest BCUT2D eigenvalue weighted by Crippen LogP contribution is -2.49. The minimum atomic E-state index is -1.75. The molecule has 0 bridgehead atoms. The van der Waals surface area contributed by atoms with E-state index in [1.165, 1.54) is 0 Å². The van der Waals surface area contributed by atoms with Gasteiger partial charge >= 0.3 is 6.09 Å². The van der Waals surface area contributed by atoms with Gasteiger partial charge in [0.1, 0.15) is 5.60 Å². The summed E-state index contributed by atoms with van der Waals surface area (Å²) in [7, 11) is -1.75. The van der Waals surface area contributed by atoms with E-state index in [1.54, 1.807) is 0 Å². The highest BCUT2D eigenvalue weighted by Crippen LogP contribution is 2.37. The summed E-state index contributed by atoms with van der Waals surface area (Å²) in [4.78, 5) is 12.1. The van der Waals surface area contributed by atoms with Crippen molar-refractivity contribution in [3.63, 3.8) is 0 Å². The fraction of sp³-hybridized carbons (Fsp3) is 0.941. The molecule has 0 aromatic heterocycles. The molecule has 136 valence electrons. The normalized spacial score (nSPS) is 23.5. The highest BCUT2D eigenvalue weighted by molar-refractivity contribution is 7.99. The lowest BCUT2D eigenvalue weighted by molar-refractivity contribution is 0.0479. The van der Waals surface area contributed by atoms with E-state index in [9.17, 15) is 4.79 Å². The van der Waals surface area contributed by atoms with Crippen LogP contribution in [0.5, 0.6) is 0 Å². The van der Waals surface area contributed by atoms with E-state index in [0.29, 0.717) is 5.92 Å². The Kier molecular flexibility index (Phi) is 7.05. The molecule has 1 heterocycles. The summed E-state index contributed by atoms with van der Waals surface area (Å²) in [5, 5.41) is 3.27. The van der Waals surface area contributed by atoms with Gasteiger partial charge in [-0.2, -0.15) is 11.8 Å². The van der Waals surface area contributed by atoms with Gasteiger partial charge in [-0.25, -0.2) is 4.79 Å². The number of thioether (sulfide) groups is 1. The summed E-state index contributed by atoms with van der Waals surface area (Å²) >= 11 is 1.89. The molecule has 0 aromatic carbocycles. The lowest BCUT2D eigenvalue weighted by Gasteiger charge is -2.39. The molecule has 1 aliphatic rings. The summed E-state index contributed by atoms with van der Waals surface area (Å²) in [5.74, 6) is 2.45. The summed E-state index contributed by atoms with van der Waals surface area (Å²) in [6.45, 7) is 17.7. The van der Waals surface area contributed by atoms with Crippen LogP contribution in [0.4, 0.5) is 4.79 Å². The van der Waals surface area contributed by atoms with E-state index in [2.05, 4.69) is 39.2 Å². The van der Waals surface area contributed by atoms with Gasteiger partial charge in [-0.15, -0.1) is 0 Å². The average Bonchev–Trinajstić information content (AvgIpc) is 2.34. The number of alkyl carbamates (subject to hydrolysis) is 1. The van der Waals surface area contributed by atoms with Gasteiger partial charge in [-0.05, 0) is 51.1 Å². The van der Waals surface area contributed by atoms with Gasteiger partial charge in [0.15, 0.2) is 8.32 Å². The number of hydrogen-bond acceptors (Lipinski definition) is 4. The Balaban J connectivity index is 2.60. The molecule has 1 rings (SSSR count). The van der Waals surface area contributed by atoms with Crippen LogP contribution >= 0.6 is 11.8 Å². The quantitative estimate of drug-likeness (QED) is 0.740. The van der Waals surface area contributed by atoms with Crippen molar-refractivity contribution in [3.8, 4) is 0 Å². The largest absolute Gasteiger partial charge is 0.444 e. The van der Waals surface area contributed by atoms with Crippen molar-refractivity contribution in [2.45, 2.75) is 77.7 Å². The molecular weight excluding hydrogens is 326 g/mol. The van der Waals surface area contributed by atoms with Gasteiger partial charge in [0.2, 0.25) is 0 Å². The van der Waals surface area contributed by atoms with Crippen molar-refractivity contribution >= 4 is 26.2 Å². The number of ether oxygens (including phenoxy) is 1. The fourth-order valence-electron chi connectivity index (χ4n) is 2.13. The first-order valence-electron chi connectivity index (χ1n) is 8.53. The fourth-order valence-corrected chi connectivity index (χ4v) is 4.44. The maximum atomic E-state index is 12.1. The number of rotatable bonds is 4. The van der Waals surface area contributed by atoms with Crippen LogP contribution in [0.1, 0.15) is 48.0 Å². The first-order valence-corrected chi connectivity index (χ1v) is 12.6. The molecule has 0 spiro atoms. The van der Waals surface area contributed by atoms with Crippen LogP contribution in [0, 0.1) is 5.92 Å². The third kappa shape index (κ3) is 7.06. The highest BCUT2D eigenvalue weighted by Gasteiger charge is 2.39. The van der Waals surface area contributed by atoms with Crippen molar-refractivity contribution in [2.75, 3.05) is 18.1 Å². The van der Waals surface area contributed by atoms with Crippen molar-refractivity contribution in [3.05, 3.63) is 0 Å². The smallest absolute Gasteiger partial charge is 0.407 e. The molecule has 6 heteroatoms. The van der Waals surface area contributed by atoms with Crippen LogP contribution in [0.15, 0.2) is 0 Å². The van der Waals surface area contributed by atoms with Gasteiger partial charge in [-0.3, -0.25) is 0 Å². The lowest BCUT2D eigenvalue weighted by atomic mass is 9.99. The Morgan fingerprint density at radius 3 is 2.35 bits per heavy atom. The highest BCUT2D eigenvalue weighted by atomic mass is 32.2. The van der Waals surface area contributed by atoms with Gasteiger partial charge in [-0.1, -0.05) is 20.8 Å². The first-order chi connectivity index (χ1) is 10.3. The Morgan fingerprint density at radius 1 is 1.22 bits per heavy atom. The molecule has 1 fully saturated rings. The number of carbonyl (C=O) groups excluding carboxylic acids is 1. The zero-order valence-corrected chi connectivity index (χ0v) is 17.9. The molecule has 1 amide bonds. The summed E-state index contributed by atoms with van der Waals surface area (Å²) < 4.78 is 11.8. The van der Waals surface area contributed by atoms with E-state index >= 15 is 0 Å². The van der Waals surface area contributed by atoms with E-state index < -0.39 is 13.9 Å². The molecule has 4 nitrogen and oxygen atoms in total. The molecule has 0 saturated carbocycles. The Morgan fingerprint density at radius 2 is 1.83 bits per heavy atom. The van der Waals surface area contributed by atoms with Crippen molar-refractivity contribution in [1.82, 2.24) is 5.32 Å². The van der Waals surface area contributed by atoms with Crippen LogP contribution in [0.25, 0.3) is 0 Å². The second kappa shape index (κ2) is 7.79. The average molecular weight is 362 g/mol. The van der Waals surface area contributed by atoms with Crippen LogP contribution in [0.3, 0.4) is 0 Å². The molecule has 0 radical (unpaired) electrons. The van der Waals surface area contributed by atoms with Crippen molar-refractivity contribution in [1.29, 1.82) is 0 Å². The summed E-state index contributed by atoms with van der Waals surface area (Å²) in [6.07, 6.45) is 0.766. The Labute approximate surface area is 147 Å². The van der Waals surface area contributed by atoms with E-state index in [1.807, 2.05) is 32.5 Å². The number of nitrogens with one attached hydrogen (secondary N) is 1. The second-order valence-electron chi connectivity index (χ2n) is 8.95. The van der Waals surface area contributed by atoms with Gasteiger partial charge < -0.3 is 14.5 Å². The Hall–Kier alpha value is -0.203. The topological polar surface area (TPSA) is 47.6 Å². The minimum absolute atomic E-state index is 0.133. The van der Waals surface area contributed by atoms with Gasteiger partial charge in [0.05, 0.1) is 0 Å². The number of carbonyl (C=O) groups is 1. The molecular formula is C17H35NO3SSi. The van der Waals surface area contributed by atoms with Crippen LogP contribution in [0.2, 0.25) is 18.1 Å². The van der Waals surface area contributed by atoms with Gasteiger partial charge in [0.25, 0.3) is 0 Å². The summed E-state index contributed by atoms with van der Waals surface area (Å²) in [6, 6.07) is 0.133. The third-order valence-corrected chi connectivity index (χ3v) is 10.3. The maximum absolute atomic E-state index is 12.1. The molecule has 2 atom stereocenters. The van der Waals surface area contributed by atoms with Crippen molar-refractivity contribution in [2.24, 2.45) is 5.92 Å². The van der Waals surface area contributed by atoms with Crippen LogP contribution in [-0.4, -0.2) is 44.2 Å². The van der Waals surface area contributed by atoms with Crippen LogP contribution in [-0.2, 0) is 9.16 Å². The zero-order valence-electron chi connectivity index (χ0n) is 16.1. The van der Waals surface area contributed by atoms with E-state index in [0.717, 1.165) is 24.5 Å². The molecule has 1 unspecified atom stereocenters. The molecule has 1 aliphatic heterocycles. The minimum Gasteiger partial charge on any atom is -0.444 e. The summed E-state index contributed by atoms with van der Waals surface area (Å²) in [5.41, 5.74) is -0.459. The zero-order chi connectivity index (χ0) is 17.9. The maximum Gasteiger partial charge on any atom is 0.407 e. The molecule has 1 N–H and O–H groups in total. The number of amides is 1. The van der Waals surface area contributed by atoms with Crippen LogP contribution < -0.4 is 5.32 Å². The predicted molar refractivity (Wildman–Crippen MR) is 102 cm³/mol. The number of hydrogen-bond donors (Lipinski definition) is 1. The standard InChI is InChI=1S/C17H35NO3SSi/c1-16(2,3)21-15(19)18-14-12-22-10-9-13(14)11-20-23(7,8)17(4,5)6/h13-14H,9-12H2,1-8H3,(H,18,19)/t13?,14-/m1/s1. The molecule has 1 saturated heterocycles. The molecule has 0 aromatic rings. The van der Waals surface area contributed by atoms with E-state index in [4.69, 9.17) is 9.16 Å². The third-order valence-electron chi connectivity index (χ3n) is 4.67. The van der Waals surface area contributed by atoms with E-state index in [-0.39, 0.29) is 17.2 Å². The van der Waals surface area contributed by atoms with Gasteiger partial charge in [0, 0.05) is 24.3 Å². The monoisotopic (exact) mass is 361 g/mol.